The molecule has 14 heavy (non-hydrogen) atoms. The molecule has 0 aliphatic carbocycles. The van der Waals surface area contributed by atoms with Crippen molar-refractivity contribution in [2.24, 2.45) is 5.73 Å². The Kier molecular flexibility index (Phi) is 5.04. The monoisotopic (exact) mass is 213 g/mol. The van der Waals surface area contributed by atoms with E-state index in [9.17, 15) is 0 Å². The van der Waals surface area contributed by atoms with Crippen molar-refractivity contribution in [2.75, 3.05) is 11.5 Å². The number of aromatic nitrogens is 2. The highest BCUT2D eigenvalue weighted by molar-refractivity contribution is 7.99. The molecule has 0 saturated carbocycles. The van der Waals surface area contributed by atoms with E-state index in [1.54, 1.807) is 0 Å². The van der Waals surface area contributed by atoms with Gasteiger partial charge in [-0.1, -0.05) is 6.92 Å². The van der Waals surface area contributed by atoms with Gasteiger partial charge in [0.1, 0.15) is 5.82 Å². The van der Waals surface area contributed by atoms with Crippen LogP contribution >= 0.6 is 11.8 Å². The molecule has 1 aromatic heterocycles. The molecular weight excluding hydrogens is 194 g/mol. The minimum Gasteiger partial charge on any atom is -0.331 e. The summed E-state index contributed by atoms with van der Waals surface area (Å²) in [5.74, 6) is 3.50. The van der Waals surface area contributed by atoms with Crippen LogP contribution in [0.15, 0.2) is 6.20 Å². The van der Waals surface area contributed by atoms with Crippen LogP contribution in [0.4, 0.5) is 0 Å². The van der Waals surface area contributed by atoms with Crippen molar-refractivity contribution in [3.05, 3.63) is 17.7 Å². The molecule has 4 heteroatoms. The summed E-state index contributed by atoms with van der Waals surface area (Å²) < 4.78 is 2.22. The van der Waals surface area contributed by atoms with Crippen LogP contribution in [0.1, 0.15) is 24.9 Å². The average molecular weight is 213 g/mol. The minimum absolute atomic E-state index is 0.585. The van der Waals surface area contributed by atoms with Gasteiger partial charge < -0.3 is 10.3 Å². The van der Waals surface area contributed by atoms with Gasteiger partial charge in [-0.3, -0.25) is 0 Å². The molecule has 0 aliphatic rings. The van der Waals surface area contributed by atoms with E-state index in [0.717, 1.165) is 18.1 Å². The third-order valence-corrected chi connectivity index (χ3v) is 3.21. The summed E-state index contributed by atoms with van der Waals surface area (Å²) in [5.41, 5.74) is 6.77. The minimum atomic E-state index is 0.585. The summed E-state index contributed by atoms with van der Waals surface area (Å²) in [6, 6.07) is 0. The molecule has 1 rings (SSSR count). The van der Waals surface area contributed by atoms with Gasteiger partial charge in [0.15, 0.2) is 0 Å². The van der Waals surface area contributed by atoms with Crippen LogP contribution in [-0.4, -0.2) is 21.1 Å². The van der Waals surface area contributed by atoms with E-state index in [1.165, 1.54) is 17.9 Å². The van der Waals surface area contributed by atoms with Crippen molar-refractivity contribution in [1.29, 1.82) is 0 Å². The van der Waals surface area contributed by atoms with Gasteiger partial charge in [0, 0.05) is 19.3 Å². The molecule has 0 fully saturated rings. The zero-order chi connectivity index (χ0) is 10.4. The highest BCUT2D eigenvalue weighted by atomic mass is 32.2. The summed E-state index contributed by atoms with van der Waals surface area (Å²) in [6.45, 7) is 5.86. The first kappa shape index (κ1) is 11.6. The van der Waals surface area contributed by atoms with Gasteiger partial charge in [0.2, 0.25) is 0 Å². The summed E-state index contributed by atoms with van der Waals surface area (Å²) in [5, 5.41) is 0. The summed E-state index contributed by atoms with van der Waals surface area (Å²) in [4.78, 5) is 4.26. The van der Waals surface area contributed by atoms with E-state index in [-0.39, 0.29) is 0 Å². The van der Waals surface area contributed by atoms with Gasteiger partial charge in [0.05, 0.1) is 5.69 Å². The van der Waals surface area contributed by atoms with Gasteiger partial charge in [-0.25, -0.2) is 4.98 Å². The number of rotatable bonds is 6. The van der Waals surface area contributed by atoms with Gasteiger partial charge in [0.25, 0.3) is 0 Å². The molecular formula is C10H19N3S. The maximum absolute atomic E-state index is 5.63. The van der Waals surface area contributed by atoms with E-state index in [2.05, 4.69) is 16.5 Å². The van der Waals surface area contributed by atoms with Crippen LogP contribution in [0.5, 0.6) is 0 Å². The molecule has 0 spiro atoms. The normalized spacial score (nSPS) is 10.8. The second-order valence-electron chi connectivity index (χ2n) is 3.20. The Hall–Kier alpha value is -0.480. The van der Waals surface area contributed by atoms with E-state index in [0.29, 0.717) is 6.54 Å². The number of nitrogens with zero attached hydrogens (tertiary/aromatic N) is 2. The van der Waals surface area contributed by atoms with Crippen molar-refractivity contribution < 1.29 is 0 Å². The number of hydrogen-bond acceptors (Lipinski definition) is 3. The summed E-state index contributed by atoms with van der Waals surface area (Å²) in [7, 11) is 0. The quantitative estimate of drug-likeness (QED) is 0.733. The maximum atomic E-state index is 5.63. The number of nitrogens with two attached hydrogens (primary N) is 1. The van der Waals surface area contributed by atoms with Crippen molar-refractivity contribution in [3.8, 4) is 0 Å². The first-order chi connectivity index (χ1) is 6.79. The Labute approximate surface area is 90.1 Å². The molecule has 0 bridgehead atoms. The lowest BCUT2D eigenvalue weighted by molar-refractivity contribution is 0.632. The third kappa shape index (κ3) is 3.03. The van der Waals surface area contributed by atoms with Crippen molar-refractivity contribution >= 4 is 11.8 Å². The third-order valence-electron chi connectivity index (χ3n) is 2.22. The lowest BCUT2D eigenvalue weighted by Crippen LogP contribution is -2.09. The lowest BCUT2D eigenvalue weighted by atomic mass is 10.4. The van der Waals surface area contributed by atoms with Crippen LogP contribution in [0.25, 0.3) is 0 Å². The first-order valence-corrected chi connectivity index (χ1v) is 6.23. The SMILES string of the molecule is CCSCCCn1c(CN)cnc1C. The molecule has 0 aliphatic heterocycles. The van der Waals surface area contributed by atoms with Gasteiger partial charge in [-0.05, 0) is 24.9 Å². The predicted molar refractivity (Wildman–Crippen MR) is 62.5 cm³/mol. The second kappa shape index (κ2) is 6.09. The van der Waals surface area contributed by atoms with Gasteiger partial charge in [-0.2, -0.15) is 11.8 Å². The van der Waals surface area contributed by atoms with Crippen molar-refractivity contribution in [2.45, 2.75) is 33.4 Å². The number of imidazole rings is 1. The first-order valence-electron chi connectivity index (χ1n) is 5.08. The number of aryl methyl sites for hydroxylation is 1. The Morgan fingerprint density at radius 1 is 1.57 bits per heavy atom. The fourth-order valence-electron chi connectivity index (χ4n) is 1.45. The fourth-order valence-corrected chi connectivity index (χ4v) is 2.07. The smallest absolute Gasteiger partial charge is 0.105 e. The van der Waals surface area contributed by atoms with E-state index < -0.39 is 0 Å². The second-order valence-corrected chi connectivity index (χ2v) is 4.60. The van der Waals surface area contributed by atoms with Crippen LogP contribution < -0.4 is 5.73 Å². The molecule has 0 aromatic carbocycles. The molecule has 2 N–H and O–H groups in total. The van der Waals surface area contributed by atoms with E-state index in [4.69, 9.17) is 5.73 Å². The molecule has 3 nitrogen and oxygen atoms in total. The Morgan fingerprint density at radius 3 is 3.00 bits per heavy atom. The average Bonchev–Trinajstić information content (AvgIpc) is 2.55. The van der Waals surface area contributed by atoms with Crippen LogP contribution in [0.3, 0.4) is 0 Å². The van der Waals surface area contributed by atoms with Gasteiger partial charge >= 0.3 is 0 Å². The predicted octanol–water partition coefficient (Wildman–Crippen LogP) is 1.79. The largest absolute Gasteiger partial charge is 0.331 e. The zero-order valence-electron chi connectivity index (χ0n) is 8.99. The van der Waals surface area contributed by atoms with E-state index in [1.807, 2.05) is 24.9 Å². The molecule has 1 heterocycles. The summed E-state index contributed by atoms with van der Waals surface area (Å²) >= 11 is 1.98. The fraction of sp³-hybridized carbons (Fsp3) is 0.700. The van der Waals surface area contributed by atoms with Crippen LogP contribution in [0, 0.1) is 6.92 Å². The number of thioether (sulfide) groups is 1. The highest BCUT2D eigenvalue weighted by Gasteiger charge is 2.03. The number of hydrogen-bond donors (Lipinski definition) is 1. The molecule has 1 aromatic rings. The van der Waals surface area contributed by atoms with Crippen LogP contribution in [-0.2, 0) is 13.1 Å². The molecule has 0 saturated heterocycles. The summed E-state index contributed by atoms with van der Waals surface area (Å²) in [6.07, 6.45) is 3.07. The Balaban J connectivity index is 2.44. The van der Waals surface area contributed by atoms with Crippen molar-refractivity contribution in [3.63, 3.8) is 0 Å². The topological polar surface area (TPSA) is 43.8 Å². The lowest BCUT2D eigenvalue weighted by Gasteiger charge is -2.08. The molecule has 0 unspecified atom stereocenters. The standard InChI is InChI=1S/C10H19N3S/c1-3-14-6-4-5-13-9(2)12-8-10(13)7-11/h8H,3-7,11H2,1-2H3. The van der Waals surface area contributed by atoms with Crippen molar-refractivity contribution in [1.82, 2.24) is 9.55 Å². The highest BCUT2D eigenvalue weighted by Crippen LogP contribution is 2.08. The van der Waals surface area contributed by atoms with Gasteiger partial charge in [-0.15, -0.1) is 0 Å². The molecule has 0 radical (unpaired) electrons. The molecule has 0 atom stereocenters. The van der Waals surface area contributed by atoms with Crippen LogP contribution in [0.2, 0.25) is 0 Å². The molecule has 80 valence electrons. The Bertz CT molecular complexity index is 270. The maximum Gasteiger partial charge on any atom is 0.105 e. The Morgan fingerprint density at radius 2 is 2.36 bits per heavy atom. The zero-order valence-corrected chi connectivity index (χ0v) is 9.81. The van der Waals surface area contributed by atoms with E-state index >= 15 is 0 Å². The molecule has 0 amide bonds.